The number of aliphatic hydroxyl groups is 2. The molecule has 4 atom stereocenters. The average molecular weight is 281 g/mol. The van der Waals surface area contributed by atoms with E-state index >= 15 is 0 Å². The second-order valence-corrected chi connectivity index (χ2v) is 4.35. The first kappa shape index (κ1) is 12.7. The Morgan fingerprint density at radius 3 is 2.70 bits per heavy atom. The molecule has 0 radical (unpaired) electrons. The van der Waals surface area contributed by atoms with Gasteiger partial charge in [-0.15, -0.1) is 0 Å². The molecule has 1 aliphatic heterocycles. The van der Waals surface area contributed by atoms with Crippen molar-refractivity contribution < 1.29 is 24.9 Å². The fourth-order valence-electron chi connectivity index (χ4n) is 2.15. The zero-order chi connectivity index (χ0) is 14.4. The Bertz CT molecular complexity index is 673. The molecule has 2 aromatic rings. The van der Waals surface area contributed by atoms with E-state index in [9.17, 15) is 15.0 Å². The number of hydrogen-bond donors (Lipinski definition) is 4. The van der Waals surface area contributed by atoms with E-state index in [1.54, 1.807) is 0 Å². The molecule has 5 N–H and O–H groups in total. The maximum atomic E-state index is 10.9. The van der Waals surface area contributed by atoms with Crippen molar-refractivity contribution >= 4 is 23.0 Å². The largest absolute Gasteiger partial charge is 0.479 e. The van der Waals surface area contributed by atoms with Crippen LogP contribution < -0.4 is 5.73 Å². The van der Waals surface area contributed by atoms with Crippen molar-refractivity contribution in [2.75, 3.05) is 5.73 Å². The van der Waals surface area contributed by atoms with Gasteiger partial charge in [0.1, 0.15) is 24.1 Å². The molecule has 0 aliphatic carbocycles. The van der Waals surface area contributed by atoms with E-state index < -0.39 is 30.5 Å². The Kier molecular flexibility index (Phi) is 2.78. The lowest BCUT2D eigenvalue weighted by molar-refractivity contribution is -0.155. The summed E-state index contributed by atoms with van der Waals surface area (Å²) in [6.07, 6.45) is -3.11. The molecule has 0 spiro atoms. The van der Waals surface area contributed by atoms with Crippen LogP contribution in [0.3, 0.4) is 0 Å². The molecule has 0 bridgehead atoms. The van der Waals surface area contributed by atoms with Crippen LogP contribution in [0.4, 0.5) is 5.82 Å². The van der Waals surface area contributed by atoms with Crippen LogP contribution in [0.2, 0.25) is 0 Å². The molecule has 106 valence electrons. The molecule has 0 unspecified atom stereocenters. The van der Waals surface area contributed by atoms with Crippen LogP contribution in [0.15, 0.2) is 12.7 Å². The zero-order valence-electron chi connectivity index (χ0n) is 9.99. The van der Waals surface area contributed by atoms with Gasteiger partial charge >= 0.3 is 5.97 Å². The molecular formula is C10H11N5O5. The number of carbonyl (C=O) groups is 1. The number of anilines is 1. The highest BCUT2D eigenvalue weighted by atomic mass is 16.6. The SMILES string of the molecule is Nc1ncnc2c1ncn2[C@H]1O[C@@H](C(=O)O)[C@H](O)[C@H]1O. The number of aromatic nitrogens is 4. The number of nitrogens with zero attached hydrogens (tertiary/aromatic N) is 4. The third kappa shape index (κ3) is 1.70. The molecule has 1 saturated heterocycles. The first-order valence-corrected chi connectivity index (χ1v) is 5.68. The normalized spacial score (nSPS) is 29.9. The molecule has 0 saturated carbocycles. The van der Waals surface area contributed by atoms with Gasteiger partial charge in [-0.3, -0.25) is 4.57 Å². The monoisotopic (exact) mass is 281 g/mol. The van der Waals surface area contributed by atoms with E-state index in [4.69, 9.17) is 15.6 Å². The summed E-state index contributed by atoms with van der Waals surface area (Å²) in [6.45, 7) is 0. The Morgan fingerprint density at radius 1 is 1.30 bits per heavy atom. The second-order valence-electron chi connectivity index (χ2n) is 4.35. The maximum absolute atomic E-state index is 10.9. The van der Waals surface area contributed by atoms with E-state index in [1.165, 1.54) is 17.2 Å². The fourth-order valence-corrected chi connectivity index (χ4v) is 2.15. The van der Waals surface area contributed by atoms with E-state index in [0.29, 0.717) is 5.52 Å². The summed E-state index contributed by atoms with van der Waals surface area (Å²) in [5.41, 5.74) is 6.21. The van der Waals surface area contributed by atoms with Crippen LogP contribution in [0, 0.1) is 0 Å². The van der Waals surface area contributed by atoms with Gasteiger partial charge in [-0.1, -0.05) is 0 Å². The minimum absolute atomic E-state index is 0.150. The number of fused-ring (bicyclic) bond motifs is 1. The number of rotatable bonds is 2. The van der Waals surface area contributed by atoms with Gasteiger partial charge < -0.3 is 25.8 Å². The molecule has 3 heterocycles. The number of carboxylic acids is 1. The number of imidazole rings is 1. The summed E-state index contributed by atoms with van der Waals surface area (Å²) in [5.74, 6) is -1.21. The number of nitrogen functional groups attached to an aromatic ring is 1. The number of nitrogens with two attached hydrogens (primary N) is 1. The molecule has 10 nitrogen and oxygen atoms in total. The van der Waals surface area contributed by atoms with Gasteiger partial charge in [-0.2, -0.15) is 0 Å². The quantitative estimate of drug-likeness (QED) is 0.494. The van der Waals surface area contributed by atoms with Crippen LogP contribution in [0.5, 0.6) is 0 Å². The predicted molar refractivity (Wildman–Crippen MR) is 63.3 cm³/mol. The Balaban J connectivity index is 2.04. The lowest BCUT2D eigenvalue weighted by Crippen LogP contribution is -2.35. The highest BCUT2D eigenvalue weighted by molar-refractivity contribution is 5.81. The van der Waals surface area contributed by atoms with Crippen LogP contribution >= 0.6 is 0 Å². The standard InChI is InChI=1S/C10H11N5O5/c11-7-3-8(13-1-12-7)15(2-14-3)9-5(17)4(16)6(20-9)10(18)19/h1-2,4-6,9,16-17H,(H,18,19)(H2,11,12,13)/t4-,5-,6-,9+/m1/s1. The van der Waals surface area contributed by atoms with Crippen LogP contribution in [-0.4, -0.2) is 59.1 Å². The fraction of sp³-hybridized carbons (Fsp3) is 0.400. The van der Waals surface area contributed by atoms with Crippen molar-refractivity contribution in [2.24, 2.45) is 0 Å². The summed E-state index contributed by atoms with van der Waals surface area (Å²) in [7, 11) is 0. The van der Waals surface area contributed by atoms with Gasteiger partial charge in [0, 0.05) is 0 Å². The first-order valence-electron chi connectivity index (χ1n) is 5.68. The molecule has 20 heavy (non-hydrogen) atoms. The Labute approximate surface area is 111 Å². The van der Waals surface area contributed by atoms with Gasteiger partial charge in [0.15, 0.2) is 23.8 Å². The average Bonchev–Trinajstić information content (AvgIpc) is 2.94. The minimum Gasteiger partial charge on any atom is -0.479 e. The molecule has 2 aromatic heterocycles. The molecule has 1 fully saturated rings. The van der Waals surface area contributed by atoms with Crippen LogP contribution in [0.25, 0.3) is 11.2 Å². The highest BCUT2D eigenvalue weighted by Crippen LogP contribution is 2.31. The van der Waals surface area contributed by atoms with Crippen LogP contribution in [0.1, 0.15) is 6.23 Å². The van der Waals surface area contributed by atoms with E-state index in [1.807, 2.05) is 0 Å². The summed E-state index contributed by atoms with van der Waals surface area (Å²) >= 11 is 0. The van der Waals surface area contributed by atoms with Gasteiger partial charge in [0.2, 0.25) is 0 Å². The summed E-state index contributed by atoms with van der Waals surface area (Å²) in [5, 5.41) is 28.5. The number of carboxylic acid groups (broad SMARTS) is 1. The summed E-state index contributed by atoms with van der Waals surface area (Å²) < 4.78 is 6.47. The first-order chi connectivity index (χ1) is 9.50. The number of aliphatic carboxylic acids is 1. The lowest BCUT2D eigenvalue weighted by Gasteiger charge is -2.16. The Morgan fingerprint density at radius 2 is 2.05 bits per heavy atom. The van der Waals surface area contributed by atoms with Crippen molar-refractivity contribution in [1.82, 2.24) is 19.5 Å². The highest BCUT2D eigenvalue weighted by Gasteiger charge is 2.47. The number of aliphatic hydroxyl groups excluding tert-OH is 2. The minimum atomic E-state index is -1.55. The number of hydrogen-bond acceptors (Lipinski definition) is 8. The van der Waals surface area contributed by atoms with E-state index in [-0.39, 0.29) is 11.5 Å². The topological polar surface area (TPSA) is 157 Å². The Hall–Kier alpha value is -2.30. The predicted octanol–water partition coefficient (Wildman–Crippen LogP) is -1.89. The van der Waals surface area contributed by atoms with Crippen molar-refractivity contribution in [3.63, 3.8) is 0 Å². The van der Waals surface area contributed by atoms with Gasteiger partial charge in [0.05, 0.1) is 6.33 Å². The third-order valence-corrected chi connectivity index (χ3v) is 3.14. The zero-order valence-corrected chi connectivity index (χ0v) is 9.99. The van der Waals surface area contributed by atoms with Crippen molar-refractivity contribution in [3.8, 4) is 0 Å². The summed E-state index contributed by atoms with van der Waals surface area (Å²) in [6, 6.07) is 0. The molecule has 3 rings (SSSR count). The van der Waals surface area contributed by atoms with Crippen molar-refractivity contribution in [1.29, 1.82) is 0 Å². The van der Waals surface area contributed by atoms with Crippen molar-refractivity contribution in [2.45, 2.75) is 24.5 Å². The molecule has 1 aliphatic rings. The smallest absolute Gasteiger partial charge is 0.335 e. The second kappa shape index (κ2) is 4.37. The van der Waals surface area contributed by atoms with E-state index in [2.05, 4.69) is 15.0 Å². The molecule has 10 heteroatoms. The van der Waals surface area contributed by atoms with Gasteiger partial charge in [-0.25, -0.2) is 19.7 Å². The molecule has 0 amide bonds. The van der Waals surface area contributed by atoms with Gasteiger partial charge in [0.25, 0.3) is 0 Å². The van der Waals surface area contributed by atoms with Crippen LogP contribution in [-0.2, 0) is 9.53 Å². The maximum Gasteiger partial charge on any atom is 0.335 e. The van der Waals surface area contributed by atoms with Gasteiger partial charge in [-0.05, 0) is 0 Å². The molecule has 0 aromatic carbocycles. The van der Waals surface area contributed by atoms with Crippen molar-refractivity contribution in [3.05, 3.63) is 12.7 Å². The third-order valence-electron chi connectivity index (χ3n) is 3.14. The number of ether oxygens (including phenoxy) is 1. The van der Waals surface area contributed by atoms with E-state index in [0.717, 1.165) is 0 Å². The molecular weight excluding hydrogens is 270 g/mol. The summed E-state index contributed by atoms with van der Waals surface area (Å²) in [4.78, 5) is 22.6. The lowest BCUT2D eigenvalue weighted by atomic mass is 10.1.